The van der Waals surface area contributed by atoms with Gasteiger partial charge in [0, 0.05) is 26.1 Å². The van der Waals surface area contributed by atoms with Crippen molar-refractivity contribution in [1.82, 2.24) is 9.80 Å². The molecule has 1 saturated heterocycles. The van der Waals surface area contributed by atoms with E-state index >= 15 is 0 Å². The van der Waals surface area contributed by atoms with E-state index in [2.05, 4.69) is 0 Å². The Kier molecular flexibility index (Phi) is 8.33. The fourth-order valence-electron chi connectivity index (χ4n) is 2.73. The maximum atomic E-state index is 12.7. The normalized spacial score (nSPS) is 18.8. The minimum atomic E-state index is -0.602. The first-order valence-corrected chi connectivity index (χ1v) is 9.02. The van der Waals surface area contributed by atoms with E-state index in [1.165, 1.54) is 7.11 Å². The Balaban J connectivity index is 2.73. The van der Waals surface area contributed by atoms with Crippen LogP contribution in [0.5, 0.6) is 0 Å². The maximum Gasteiger partial charge on any atom is 0.410 e. The molecule has 0 aromatic rings. The highest BCUT2D eigenvalue weighted by atomic mass is 16.6. The number of esters is 1. The summed E-state index contributed by atoms with van der Waals surface area (Å²) in [5.74, 6) is -0.895. The van der Waals surface area contributed by atoms with Gasteiger partial charge in [0.15, 0.2) is 0 Å². The lowest BCUT2D eigenvalue weighted by atomic mass is 10.1. The molecule has 8 nitrogen and oxygen atoms in total. The van der Waals surface area contributed by atoms with Crippen molar-refractivity contribution in [2.45, 2.75) is 52.7 Å². The lowest BCUT2D eigenvalue weighted by Gasteiger charge is -2.37. The Bertz CT molecular complexity index is 502. The molecule has 1 fully saturated rings. The number of hydrogen-bond donors (Lipinski definition) is 0. The first kappa shape index (κ1) is 22.2. The van der Waals surface area contributed by atoms with Gasteiger partial charge in [0.25, 0.3) is 0 Å². The quantitative estimate of drug-likeness (QED) is 0.660. The largest absolute Gasteiger partial charge is 0.469 e. The van der Waals surface area contributed by atoms with Gasteiger partial charge >= 0.3 is 12.1 Å². The molecule has 0 saturated carbocycles. The van der Waals surface area contributed by atoms with E-state index in [1.54, 1.807) is 37.5 Å². The third kappa shape index (κ3) is 6.82. The molecule has 0 aromatic carbocycles. The monoisotopic (exact) mass is 372 g/mol. The Labute approximate surface area is 155 Å². The highest BCUT2D eigenvalue weighted by molar-refractivity contribution is 5.79. The fraction of sp³-hybridized carbons (Fsp3) is 0.833. The van der Waals surface area contributed by atoms with Crippen molar-refractivity contribution in [1.29, 1.82) is 0 Å². The van der Waals surface area contributed by atoms with Crippen LogP contribution < -0.4 is 0 Å². The first-order valence-electron chi connectivity index (χ1n) is 9.02. The second kappa shape index (κ2) is 9.75. The van der Waals surface area contributed by atoms with Crippen LogP contribution in [0.25, 0.3) is 0 Å². The van der Waals surface area contributed by atoms with Gasteiger partial charge in [-0.3, -0.25) is 9.59 Å². The van der Waals surface area contributed by atoms with Crippen LogP contribution in [0.4, 0.5) is 4.79 Å². The molecule has 0 spiro atoms. The molecule has 0 aromatic heterocycles. The van der Waals surface area contributed by atoms with E-state index in [-0.39, 0.29) is 37.5 Å². The van der Waals surface area contributed by atoms with Crippen LogP contribution in [0.3, 0.4) is 0 Å². The lowest BCUT2D eigenvalue weighted by molar-refractivity contribution is -0.146. The van der Waals surface area contributed by atoms with Crippen LogP contribution in [0.15, 0.2) is 0 Å². The summed E-state index contributed by atoms with van der Waals surface area (Å²) in [7, 11) is 1.33. The average Bonchev–Trinajstić information content (AvgIpc) is 2.57. The van der Waals surface area contributed by atoms with E-state index in [0.717, 1.165) is 0 Å². The number of rotatable bonds is 6. The number of nitrogens with zero attached hydrogens (tertiary/aromatic N) is 2. The average molecular weight is 372 g/mol. The minimum Gasteiger partial charge on any atom is -0.469 e. The van der Waals surface area contributed by atoms with Crippen LogP contribution in [0.2, 0.25) is 0 Å². The van der Waals surface area contributed by atoms with Crippen LogP contribution in [-0.4, -0.2) is 79.4 Å². The number of carbonyl (C=O) groups is 3. The van der Waals surface area contributed by atoms with E-state index in [1.807, 2.05) is 6.92 Å². The summed E-state index contributed by atoms with van der Waals surface area (Å²) in [6.07, 6.45) is -0.314. The summed E-state index contributed by atoms with van der Waals surface area (Å²) >= 11 is 0. The van der Waals surface area contributed by atoms with Gasteiger partial charge in [0.1, 0.15) is 5.60 Å². The smallest absolute Gasteiger partial charge is 0.410 e. The second-order valence-electron chi connectivity index (χ2n) is 7.46. The summed E-state index contributed by atoms with van der Waals surface area (Å²) in [6, 6.07) is -0.381. The standard InChI is InChI=1S/C18H32N2O6/c1-7-19(11-13(2)16(22)24-6)15(21)10-14-12-25-9-8-20(14)17(23)26-18(3,4)5/h13-14H,7-12H2,1-6H3/t13-,14+/m1/s1. The number of carbonyl (C=O) groups excluding carboxylic acids is 3. The molecule has 1 aliphatic rings. The van der Waals surface area contributed by atoms with Crippen LogP contribution in [-0.2, 0) is 23.8 Å². The number of methoxy groups -OCH3 is 1. The molecule has 2 amide bonds. The highest BCUT2D eigenvalue weighted by Crippen LogP contribution is 2.18. The van der Waals surface area contributed by atoms with E-state index in [4.69, 9.17) is 14.2 Å². The summed E-state index contributed by atoms with van der Waals surface area (Å²) in [4.78, 5) is 39.9. The van der Waals surface area contributed by atoms with Crippen molar-refractivity contribution in [2.75, 3.05) is 40.0 Å². The van der Waals surface area contributed by atoms with E-state index in [0.29, 0.717) is 19.7 Å². The summed E-state index contributed by atoms with van der Waals surface area (Å²) in [5.41, 5.74) is -0.602. The first-order chi connectivity index (χ1) is 12.1. The molecule has 0 radical (unpaired) electrons. The van der Waals surface area contributed by atoms with Gasteiger partial charge in [-0.05, 0) is 27.7 Å². The number of hydrogen-bond acceptors (Lipinski definition) is 6. The summed E-state index contributed by atoms with van der Waals surface area (Å²) in [6.45, 7) is 10.8. The molecule has 0 unspecified atom stereocenters. The Morgan fingerprint density at radius 2 is 1.96 bits per heavy atom. The SMILES string of the molecule is CCN(C[C@@H](C)C(=O)OC)C(=O)C[C@H]1COCCN1C(=O)OC(C)(C)C. The third-order valence-electron chi connectivity index (χ3n) is 4.10. The summed E-state index contributed by atoms with van der Waals surface area (Å²) < 4.78 is 15.6. The molecule has 2 atom stereocenters. The van der Waals surface area contributed by atoms with Gasteiger partial charge in [-0.2, -0.15) is 0 Å². The molecule has 1 rings (SSSR count). The molecular formula is C18H32N2O6. The molecule has 26 heavy (non-hydrogen) atoms. The van der Waals surface area contributed by atoms with E-state index in [9.17, 15) is 14.4 Å². The predicted octanol–water partition coefficient (Wildman–Crippen LogP) is 1.67. The molecular weight excluding hydrogens is 340 g/mol. The van der Waals surface area contributed by atoms with Crippen LogP contribution in [0, 0.1) is 5.92 Å². The Hall–Kier alpha value is -1.83. The van der Waals surface area contributed by atoms with Gasteiger partial charge in [-0.1, -0.05) is 6.92 Å². The molecule has 150 valence electrons. The number of amides is 2. The number of ether oxygens (including phenoxy) is 3. The van der Waals surface area contributed by atoms with Gasteiger partial charge in [-0.15, -0.1) is 0 Å². The lowest BCUT2D eigenvalue weighted by Crippen LogP contribution is -2.52. The van der Waals surface area contributed by atoms with Crippen molar-refractivity contribution in [2.24, 2.45) is 5.92 Å². The predicted molar refractivity (Wildman–Crippen MR) is 95.6 cm³/mol. The Morgan fingerprint density at radius 3 is 2.50 bits per heavy atom. The molecule has 0 N–H and O–H groups in total. The topological polar surface area (TPSA) is 85.4 Å². The molecule has 0 bridgehead atoms. The molecule has 0 aliphatic carbocycles. The zero-order valence-electron chi connectivity index (χ0n) is 16.7. The van der Waals surface area contributed by atoms with Crippen molar-refractivity contribution < 1.29 is 28.6 Å². The number of morpholine rings is 1. The maximum absolute atomic E-state index is 12.7. The van der Waals surface area contributed by atoms with Gasteiger partial charge in [-0.25, -0.2) is 4.79 Å². The van der Waals surface area contributed by atoms with Crippen LogP contribution in [0.1, 0.15) is 41.0 Å². The molecule has 1 aliphatic heterocycles. The van der Waals surface area contributed by atoms with Crippen molar-refractivity contribution in [3.63, 3.8) is 0 Å². The van der Waals surface area contributed by atoms with Gasteiger partial charge < -0.3 is 24.0 Å². The zero-order chi connectivity index (χ0) is 19.9. The second-order valence-corrected chi connectivity index (χ2v) is 7.46. The Morgan fingerprint density at radius 1 is 1.31 bits per heavy atom. The molecule has 1 heterocycles. The van der Waals surface area contributed by atoms with E-state index < -0.39 is 17.6 Å². The third-order valence-corrected chi connectivity index (χ3v) is 4.10. The van der Waals surface area contributed by atoms with Gasteiger partial charge in [0.05, 0.1) is 32.3 Å². The minimum absolute atomic E-state index is 0.126. The van der Waals surface area contributed by atoms with Gasteiger partial charge in [0.2, 0.25) is 5.91 Å². The highest BCUT2D eigenvalue weighted by Gasteiger charge is 2.33. The summed E-state index contributed by atoms with van der Waals surface area (Å²) in [5, 5.41) is 0. The van der Waals surface area contributed by atoms with Crippen molar-refractivity contribution in [3.8, 4) is 0 Å². The van der Waals surface area contributed by atoms with Crippen LogP contribution >= 0.6 is 0 Å². The fourth-order valence-corrected chi connectivity index (χ4v) is 2.73. The van der Waals surface area contributed by atoms with Crippen molar-refractivity contribution >= 4 is 18.0 Å². The molecule has 8 heteroatoms. The zero-order valence-corrected chi connectivity index (χ0v) is 16.7. The van der Waals surface area contributed by atoms with Crippen molar-refractivity contribution in [3.05, 3.63) is 0 Å².